The van der Waals surface area contributed by atoms with Crippen LogP contribution in [-0.4, -0.2) is 16.6 Å². The number of rotatable bonds is 3. The van der Waals surface area contributed by atoms with E-state index in [0.717, 1.165) is 30.4 Å². The van der Waals surface area contributed by atoms with Crippen molar-refractivity contribution in [3.63, 3.8) is 0 Å². The molecule has 3 unspecified atom stereocenters. The van der Waals surface area contributed by atoms with Gasteiger partial charge in [-0.2, -0.15) is 0 Å². The van der Waals surface area contributed by atoms with Crippen LogP contribution in [-0.2, 0) is 0 Å². The van der Waals surface area contributed by atoms with Gasteiger partial charge in [0.05, 0.1) is 6.10 Å². The Bertz CT molecular complexity index is 394. The zero-order chi connectivity index (χ0) is 12.5. The molecule has 0 bridgehead atoms. The van der Waals surface area contributed by atoms with E-state index in [4.69, 9.17) is 5.73 Å². The Balaban J connectivity index is 2.30. The molecule has 3 heteroatoms. The van der Waals surface area contributed by atoms with Crippen molar-refractivity contribution in [1.29, 1.82) is 0 Å². The summed E-state index contributed by atoms with van der Waals surface area (Å²) in [5, 5.41) is 10.6. The Kier molecular flexibility index (Phi) is 3.50. The number of nitrogens with zero attached hydrogens (tertiary/aromatic N) is 1. The number of hydrogen-bond acceptors (Lipinski definition) is 3. The highest BCUT2D eigenvalue weighted by atomic mass is 16.3. The average molecular weight is 234 g/mol. The molecule has 17 heavy (non-hydrogen) atoms. The number of aromatic nitrogens is 1. The van der Waals surface area contributed by atoms with Crippen LogP contribution in [0.15, 0.2) is 18.5 Å². The third-order valence-electron chi connectivity index (χ3n) is 4.25. The molecule has 1 saturated carbocycles. The summed E-state index contributed by atoms with van der Waals surface area (Å²) in [6, 6.07) is 1.95. The first kappa shape index (κ1) is 12.5. The number of pyridine rings is 1. The van der Waals surface area contributed by atoms with Crippen LogP contribution in [0.1, 0.15) is 43.4 Å². The van der Waals surface area contributed by atoms with Crippen LogP contribution >= 0.6 is 0 Å². The van der Waals surface area contributed by atoms with E-state index in [1.54, 1.807) is 12.4 Å². The molecular formula is C14H22N2O. The molecule has 0 amide bonds. The largest absolute Gasteiger partial charge is 0.388 e. The molecule has 0 spiro atoms. The predicted octanol–water partition coefficient (Wildman–Crippen LogP) is 2.19. The molecule has 1 aliphatic carbocycles. The molecule has 2 rings (SSSR count). The molecule has 1 aromatic heterocycles. The van der Waals surface area contributed by atoms with Crippen molar-refractivity contribution in [3.8, 4) is 0 Å². The average Bonchev–Trinajstić information content (AvgIpc) is 2.72. The summed E-state index contributed by atoms with van der Waals surface area (Å²) in [5.74, 6) is 0.658. The van der Waals surface area contributed by atoms with Crippen LogP contribution in [0.4, 0.5) is 0 Å². The van der Waals surface area contributed by atoms with Crippen molar-refractivity contribution in [3.05, 3.63) is 29.6 Å². The van der Waals surface area contributed by atoms with Gasteiger partial charge in [-0.05, 0) is 37.3 Å². The van der Waals surface area contributed by atoms with Gasteiger partial charge in [0.15, 0.2) is 0 Å². The molecule has 1 fully saturated rings. The first-order chi connectivity index (χ1) is 8.09. The normalized spacial score (nSPS) is 30.5. The monoisotopic (exact) mass is 234 g/mol. The number of aliphatic hydroxyl groups is 1. The van der Waals surface area contributed by atoms with E-state index in [0.29, 0.717) is 12.5 Å². The molecule has 3 N–H and O–H groups in total. The molecule has 1 aliphatic rings. The second-order valence-electron chi connectivity index (χ2n) is 5.55. The molecular weight excluding hydrogens is 212 g/mol. The lowest BCUT2D eigenvalue weighted by Gasteiger charge is -2.34. The van der Waals surface area contributed by atoms with Crippen LogP contribution in [0.5, 0.6) is 0 Å². The summed E-state index contributed by atoms with van der Waals surface area (Å²) in [4.78, 5) is 4.12. The SMILES string of the molecule is Cc1ccncc1C(O)C1(CN)CCC(C)C1. The van der Waals surface area contributed by atoms with Gasteiger partial charge in [-0.1, -0.05) is 13.3 Å². The summed E-state index contributed by atoms with van der Waals surface area (Å²) in [6.45, 7) is 4.80. The number of aliphatic hydroxyl groups excluding tert-OH is 1. The van der Waals surface area contributed by atoms with Gasteiger partial charge >= 0.3 is 0 Å². The second kappa shape index (κ2) is 4.75. The molecule has 1 heterocycles. The Morgan fingerprint density at radius 1 is 1.65 bits per heavy atom. The summed E-state index contributed by atoms with van der Waals surface area (Å²) >= 11 is 0. The van der Waals surface area contributed by atoms with Crippen molar-refractivity contribution in [2.24, 2.45) is 17.1 Å². The molecule has 0 aromatic carbocycles. The zero-order valence-electron chi connectivity index (χ0n) is 10.7. The lowest BCUT2D eigenvalue weighted by Crippen LogP contribution is -2.35. The smallest absolute Gasteiger partial charge is 0.0875 e. The van der Waals surface area contributed by atoms with Gasteiger partial charge in [0.1, 0.15) is 0 Å². The summed E-state index contributed by atoms with van der Waals surface area (Å²) < 4.78 is 0. The van der Waals surface area contributed by atoms with Gasteiger partial charge < -0.3 is 10.8 Å². The maximum Gasteiger partial charge on any atom is 0.0875 e. The maximum atomic E-state index is 10.6. The number of aryl methyl sites for hydroxylation is 1. The van der Waals surface area contributed by atoms with Crippen molar-refractivity contribution in [2.45, 2.75) is 39.2 Å². The Morgan fingerprint density at radius 2 is 2.41 bits per heavy atom. The van der Waals surface area contributed by atoms with Crippen molar-refractivity contribution in [2.75, 3.05) is 6.54 Å². The van der Waals surface area contributed by atoms with Gasteiger partial charge in [-0.15, -0.1) is 0 Å². The van der Waals surface area contributed by atoms with Crippen molar-refractivity contribution < 1.29 is 5.11 Å². The highest BCUT2D eigenvalue weighted by Crippen LogP contribution is 2.49. The number of hydrogen-bond donors (Lipinski definition) is 2. The van der Waals surface area contributed by atoms with Crippen molar-refractivity contribution in [1.82, 2.24) is 4.98 Å². The molecule has 3 atom stereocenters. The van der Waals surface area contributed by atoms with Gasteiger partial charge in [0, 0.05) is 29.9 Å². The molecule has 0 aliphatic heterocycles. The summed E-state index contributed by atoms with van der Waals surface area (Å²) in [6.07, 6.45) is 6.25. The van der Waals surface area contributed by atoms with Crippen LogP contribution < -0.4 is 5.73 Å². The first-order valence-electron chi connectivity index (χ1n) is 6.38. The van der Waals surface area contributed by atoms with Crippen LogP contribution in [0, 0.1) is 18.3 Å². The zero-order valence-corrected chi connectivity index (χ0v) is 10.7. The highest BCUT2D eigenvalue weighted by Gasteiger charge is 2.43. The van der Waals surface area contributed by atoms with Gasteiger partial charge in [-0.25, -0.2) is 0 Å². The van der Waals surface area contributed by atoms with Crippen LogP contribution in [0.3, 0.4) is 0 Å². The van der Waals surface area contributed by atoms with Gasteiger partial charge in [-0.3, -0.25) is 4.98 Å². The fraction of sp³-hybridized carbons (Fsp3) is 0.643. The first-order valence-corrected chi connectivity index (χ1v) is 6.38. The van der Waals surface area contributed by atoms with E-state index in [1.165, 1.54) is 0 Å². The molecule has 94 valence electrons. The van der Waals surface area contributed by atoms with Crippen LogP contribution in [0.2, 0.25) is 0 Å². The van der Waals surface area contributed by atoms with E-state index < -0.39 is 6.10 Å². The minimum Gasteiger partial charge on any atom is -0.388 e. The lowest BCUT2D eigenvalue weighted by atomic mass is 9.76. The number of nitrogens with two attached hydrogens (primary N) is 1. The lowest BCUT2D eigenvalue weighted by molar-refractivity contribution is 0.0300. The predicted molar refractivity (Wildman–Crippen MR) is 68.4 cm³/mol. The fourth-order valence-corrected chi connectivity index (χ4v) is 3.07. The van der Waals surface area contributed by atoms with Gasteiger partial charge in [0.25, 0.3) is 0 Å². The topological polar surface area (TPSA) is 59.1 Å². The maximum absolute atomic E-state index is 10.6. The molecule has 0 saturated heterocycles. The quantitative estimate of drug-likeness (QED) is 0.842. The highest BCUT2D eigenvalue weighted by molar-refractivity contribution is 5.26. The Labute approximate surface area is 103 Å². The second-order valence-corrected chi connectivity index (χ2v) is 5.55. The third-order valence-corrected chi connectivity index (χ3v) is 4.25. The standard InChI is InChI=1S/C14H22N2O/c1-10-3-5-14(7-10,9-15)13(17)12-8-16-6-4-11(12)2/h4,6,8,10,13,17H,3,5,7,9,15H2,1-2H3. The van der Waals surface area contributed by atoms with Gasteiger partial charge in [0.2, 0.25) is 0 Å². The summed E-state index contributed by atoms with van der Waals surface area (Å²) in [5.41, 5.74) is 7.83. The van der Waals surface area contributed by atoms with Crippen LogP contribution in [0.25, 0.3) is 0 Å². The van der Waals surface area contributed by atoms with E-state index in [1.807, 2.05) is 13.0 Å². The minimum atomic E-state index is -0.480. The van der Waals surface area contributed by atoms with Crippen molar-refractivity contribution >= 4 is 0 Å². The molecule has 1 aromatic rings. The van der Waals surface area contributed by atoms with E-state index >= 15 is 0 Å². The van der Waals surface area contributed by atoms with E-state index in [-0.39, 0.29) is 5.41 Å². The Hall–Kier alpha value is -0.930. The van der Waals surface area contributed by atoms with E-state index in [2.05, 4.69) is 11.9 Å². The minimum absolute atomic E-state index is 0.146. The fourth-order valence-electron chi connectivity index (χ4n) is 3.07. The van der Waals surface area contributed by atoms with E-state index in [9.17, 15) is 5.11 Å². The molecule has 0 radical (unpaired) electrons. The Morgan fingerprint density at radius 3 is 2.94 bits per heavy atom. The summed E-state index contributed by atoms with van der Waals surface area (Å²) in [7, 11) is 0. The third kappa shape index (κ3) is 2.22. The molecule has 3 nitrogen and oxygen atoms in total.